The van der Waals surface area contributed by atoms with Crippen LogP contribution in [0.1, 0.15) is 75.8 Å². The van der Waals surface area contributed by atoms with Gasteiger partial charge in [0, 0.05) is 18.4 Å². The van der Waals surface area contributed by atoms with E-state index < -0.39 is 11.5 Å². The van der Waals surface area contributed by atoms with Gasteiger partial charge in [0.1, 0.15) is 5.78 Å². The third-order valence-corrected chi connectivity index (χ3v) is 6.76. The minimum Gasteiger partial charge on any atom is -0.449 e. The molecule has 1 aliphatic carbocycles. The van der Waals surface area contributed by atoms with Gasteiger partial charge in [0.2, 0.25) is 0 Å². The number of unbranched alkanes of at least 4 members (excludes halogenated alkanes) is 2. The van der Waals surface area contributed by atoms with Crippen LogP contribution in [-0.4, -0.2) is 47.8 Å². The molecule has 0 bridgehead atoms. The molecule has 1 aromatic carbocycles. The topological polar surface area (TPSA) is 89.7 Å². The average Bonchev–Trinajstić information content (AvgIpc) is 2.70. The first kappa shape index (κ1) is 25.1. The lowest BCUT2D eigenvalue weighted by Crippen LogP contribution is -2.57. The summed E-state index contributed by atoms with van der Waals surface area (Å²) in [4.78, 5) is 38.0. The summed E-state index contributed by atoms with van der Waals surface area (Å²) < 4.78 is 5.71. The van der Waals surface area contributed by atoms with Crippen LogP contribution in [0.25, 0.3) is 0 Å². The van der Waals surface area contributed by atoms with Gasteiger partial charge >= 0.3 is 5.97 Å². The number of carbonyl (C=O) groups excluding carboxylic acids is 3. The summed E-state index contributed by atoms with van der Waals surface area (Å²) in [6.45, 7) is 3.64. The zero-order valence-electron chi connectivity index (χ0n) is 19.5. The second kappa shape index (κ2) is 10.9. The van der Waals surface area contributed by atoms with Crippen LogP contribution in [0, 0.1) is 6.92 Å². The maximum atomic E-state index is 12.4. The average molecular weight is 431 g/mol. The first-order valence-corrected chi connectivity index (χ1v) is 11.3. The molecule has 0 saturated heterocycles. The summed E-state index contributed by atoms with van der Waals surface area (Å²) in [7, 11) is 4.14. The number of carbonyl (C=O) groups is 3. The number of Topliss-reactive ketones (excluding diaryl/α,β-unsaturated/α-hetero) is 1. The highest BCUT2D eigenvalue weighted by Gasteiger charge is 2.49. The van der Waals surface area contributed by atoms with Crippen LogP contribution in [0.5, 0.6) is 0 Å². The molecule has 1 fully saturated rings. The number of ether oxygens (including phenoxy) is 1. The van der Waals surface area contributed by atoms with E-state index in [2.05, 4.69) is 50.2 Å². The SMILES string of the molecule is CC(=O)CCCCCC(=O)OC1(C(N)=O)CCC(Cc2ccc(C)cc2)(N(C)C)CC1. The second-order valence-corrected chi connectivity index (χ2v) is 9.38. The predicted octanol–water partition coefficient (Wildman–Crippen LogP) is 3.72. The number of nitrogens with two attached hydrogens (primary N) is 1. The van der Waals surface area contributed by atoms with E-state index >= 15 is 0 Å². The second-order valence-electron chi connectivity index (χ2n) is 9.38. The Hall–Kier alpha value is -2.21. The van der Waals surface area contributed by atoms with Crippen LogP contribution >= 0.6 is 0 Å². The molecule has 0 spiro atoms. The number of amides is 1. The number of benzene rings is 1. The van der Waals surface area contributed by atoms with Crippen LogP contribution < -0.4 is 5.73 Å². The first-order valence-electron chi connectivity index (χ1n) is 11.3. The first-order chi connectivity index (χ1) is 14.6. The fourth-order valence-electron chi connectivity index (χ4n) is 4.47. The summed E-state index contributed by atoms with van der Waals surface area (Å²) >= 11 is 0. The van der Waals surface area contributed by atoms with Crippen molar-refractivity contribution >= 4 is 17.7 Å². The molecule has 0 radical (unpaired) electrons. The Morgan fingerprint density at radius 2 is 1.55 bits per heavy atom. The summed E-state index contributed by atoms with van der Waals surface area (Å²) in [5.74, 6) is -0.773. The molecule has 1 aromatic rings. The van der Waals surface area contributed by atoms with Crippen molar-refractivity contribution in [3.05, 3.63) is 35.4 Å². The minimum atomic E-state index is -1.22. The Bertz CT molecular complexity index is 762. The number of likely N-dealkylation sites (N-methyl/N-ethyl adjacent to an activating group) is 1. The molecule has 0 aromatic heterocycles. The number of aryl methyl sites for hydroxylation is 1. The molecule has 6 nitrogen and oxygen atoms in total. The molecule has 31 heavy (non-hydrogen) atoms. The molecule has 0 heterocycles. The fraction of sp³-hybridized carbons (Fsp3) is 0.640. The van der Waals surface area contributed by atoms with Gasteiger partial charge in [0.05, 0.1) is 0 Å². The largest absolute Gasteiger partial charge is 0.449 e. The third kappa shape index (κ3) is 6.89. The highest BCUT2D eigenvalue weighted by molar-refractivity contribution is 5.86. The summed E-state index contributed by atoms with van der Waals surface area (Å²) in [6.07, 6.45) is 6.18. The number of rotatable bonds is 11. The van der Waals surface area contributed by atoms with Crippen LogP contribution in [-0.2, 0) is 25.5 Å². The zero-order valence-corrected chi connectivity index (χ0v) is 19.5. The van der Waals surface area contributed by atoms with Gasteiger partial charge in [-0.05, 0) is 78.5 Å². The highest BCUT2D eigenvalue weighted by atomic mass is 16.6. The zero-order chi connectivity index (χ0) is 23.1. The van der Waals surface area contributed by atoms with Gasteiger partial charge in [-0.2, -0.15) is 0 Å². The molecule has 0 unspecified atom stereocenters. The molecule has 1 aliphatic rings. The predicted molar refractivity (Wildman–Crippen MR) is 122 cm³/mol. The van der Waals surface area contributed by atoms with Gasteiger partial charge < -0.3 is 20.2 Å². The number of ketones is 1. The van der Waals surface area contributed by atoms with Gasteiger partial charge in [-0.15, -0.1) is 0 Å². The molecule has 172 valence electrons. The van der Waals surface area contributed by atoms with Crippen molar-refractivity contribution in [1.82, 2.24) is 4.90 Å². The molecule has 0 aliphatic heterocycles. The van der Waals surface area contributed by atoms with Gasteiger partial charge in [-0.25, -0.2) is 0 Å². The van der Waals surface area contributed by atoms with E-state index in [0.29, 0.717) is 25.7 Å². The van der Waals surface area contributed by atoms with E-state index in [1.54, 1.807) is 6.92 Å². The van der Waals surface area contributed by atoms with Crippen molar-refractivity contribution in [3.8, 4) is 0 Å². The van der Waals surface area contributed by atoms with Crippen molar-refractivity contribution in [2.24, 2.45) is 5.73 Å². The van der Waals surface area contributed by atoms with Crippen molar-refractivity contribution in [2.45, 2.75) is 89.2 Å². The Kier molecular flexibility index (Phi) is 8.80. The maximum Gasteiger partial charge on any atom is 0.306 e. The van der Waals surface area contributed by atoms with Crippen molar-refractivity contribution in [2.75, 3.05) is 14.1 Å². The maximum absolute atomic E-state index is 12.4. The van der Waals surface area contributed by atoms with Crippen LogP contribution in [0.3, 0.4) is 0 Å². The number of hydrogen-bond donors (Lipinski definition) is 1. The van der Waals surface area contributed by atoms with Crippen LogP contribution in [0.4, 0.5) is 0 Å². The van der Waals surface area contributed by atoms with E-state index in [9.17, 15) is 14.4 Å². The van der Waals surface area contributed by atoms with E-state index in [1.807, 2.05) is 0 Å². The molecular formula is C25H38N2O4. The molecule has 2 N–H and O–H groups in total. The normalized spacial score (nSPS) is 23.5. The van der Waals surface area contributed by atoms with E-state index in [1.165, 1.54) is 11.1 Å². The number of primary amides is 1. The minimum absolute atomic E-state index is 0.104. The molecule has 2 rings (SSSR count). The van der Waals surface area contributed by atoms with Crippen molar-refractivity contribution in [1.29, 1.82) is 0 Å². The van der Waals surface area contributed by atoms with Crippen LogP contribution in [0.2, 0.25) is 0 Å². The molecule has 1 saturated carbocycles. The summed E-state index contributed by atoms with van der Waals surface area (Å²) in [6, 6.07) is 8.55. The molecule has 0 atom stereocenters. The lowest BCUT2D eigenvalue weighted by atomic mass is 9.70. The Balaban J connectivity index is 1.99. The fourth-order valence-corrected chi connectivity index (χ4v) is 4.47. The number of esters is 1. The molecule has 6 heteroatoms. The Morgan fingerprint density at radius 3 is 2.06 bits per heavy atom. The highest BCUT2D eigenvalue weighted by Crippen LogP contribution is 2.42. The van der Waals surface area contributed by atoms with Crippen molar-refractivity contribution in [3.63, 3.8) is 0 Å². The smallest absolute Gasteiger partial charge is 0.306 e. The van der Waals surface area contributed by atoms with E-state index in [0.717, 1.165) is 32.1 Å². The Morgan fingerprint density at radius 1 is 0.968 bits per heavy atom. The van der Waals surface area contributed by atoms with Gasteiger partial charge in [0.25, 0.3) is 5.91 Å². The van der Waals surface area contributed by atoms with Gasteiger partial charge in [-0.3, -0.25) is 9.59 Å². The van der Waals surface area contributed by atoms with Gasteiger partial charge in [0.15, 0.2) is 5.60 Å². The van der Waals surface area contributed by atoms with Crippen molar-refractivity contribution < 1.29 is 19.1 Å². The summed E-state index contributed by atoms with van der Waals surface area (Å²) in [5.41, 5.74) is 6.89. The quantitative estimate of drug-likeness (QED) is 0.427. The number of hydrogen-bond acceptors (Lipinski definition) is 5. The third-order valence-electron chi connectivity index (χ3n) is 6.76. The molecular weight excluding hydrogens is 392 g/mol. The van der Waals surface area contributed by atoms with Gasteiger partial charge in [-0.1, -0.05) is 36.2 Å². The lowest BCUT2D eigenvalue weighted by molar-refractivity contribution is -0.174. The van der Waals surface area contributed by atoms with Crippen LogP contribution in [0.15, 0.2) is 24.3 Å². The Labute approximate surface area is 186 Å². The number of nitrogens with zero attached hydrogens (tertiary/aromatic N) is 1. The monoisotopic (exact) mass is 430 g/mol. The molecule has 1 amide bonds. The lowest BCUT2D eigenvalue weighted by Gasteiger charge is -2.48. The standard InChI is InChI=1S/C25H38N2O4/c1-19-10-12-21(13-11-19)18-24(27(3)4)14-16-25(17-15-24,23(26)30)31-22(29)9-7-5-6-8-20(2)28/h10-13H,5-9,14-18H2,1-4H3,(H2,26,30). The summed E-state index contributed by atoms with van der Waals surface area (Å²) in [5, 5.41) is 0. The van der Waals surface area contributed by atoms with E-state index in [4.69, 9.17) is 10.5 Å². The van der Waals surface area contributed by atoms with E-state index in [-0.39, 0.29) is 23.7 Å².